The van der Waals surface area contributed by atoms with Gasteiger partial charge in [-0.1, -0.05) is 35.5 Å². The molecule has 1 amide bonds. The van der Waals surface area contributed by atoms with Crippen molar-refractivity contribution >= 4 is 11.9 Å². The molecule has 1 aromatic carbocycles. The summed E-state index contributed by atoms with van der Waals surface area (Å²) < 4.78 is 1.29. The molecule has 1 aromatic heterocycles. The Balaban J connectivity index is 1.96. The van der Waals surface area contributed by atoms with Crippen LogP contribution in [0.15, 0.2) is 36.5 Å². The van der Waals surface area contributed by atoms with Crippen molar-refractivity contribution in [3.63, 3.8) is 0 Å². The van der Waals surface area contributed by atoms with E-state index in [1.54, 1.807) is 0 Å². The maximum Gasteiger partial charge on any atom is 0.309 e. The minimum atomic E-state index is -0.989. The molecule has 2 N–H and O–H groups in total. The molecule has 110 valence electrons. The summed E-state index contributed by atoms with van der Waals surface area (Å²) in [6, 6.07) is 9.43. The van der Waals surface area contributed by atoms with Crippen molar-refractivity contribution in [2.75, 3.05) is 0 Å². The van der Waals surface area contributed by atoms with Crippen LogP contribution in [0, 0.1) is 0 Å². The minimum absolute atomic E-state index is 0.0558. The molecule has 0 saturated carbocycles. The molecule has 0 fully saturated rings. The van der Waals surface area contributed by atoms with Crippen molar-refractivity contribution in [3.05, 3.63) is 47.8 Å². The lowest BCUT2D eigenvalue weighted by atomic mass is 10.1. The number of nitrogens with one attached hydrogen (secondary N) is 1. The first kappa shape index (κ1) is 14.7. The summed E-state index contributed by atoms with van der Waals surface area (Å²) >= 11 is 0. The van der Waals surface area contributed by atoms with Gasteiger partial charge in [0.15, 0.2) is 0 Å². The van der Waals surface area contributed by atoms with Gasteiger partial charge in [0.25, 0.3) is 0 Å². The van der Waals surface area contributed by atoms with Crippen molar-refractivity contribution in [1.82, 2.24) is 20.3 Å². The normalized spacial score (nSPS) is 11.9. The van der Waals surface area contributed by atoms with Crippen LogP contribution in [0.4, 0.5) is 0 Å². The number of carbonyl (C=O) groups is 2. The van der Waals surface area contributed by atoms with E-state index in [2.05, 4.69) is 15.6 Å². The summed E-state index contributed by atoms with van der Waals surface area (Å²) in [5.74, 6) is -1.24. The molecular weight excluding hydrogens is 272 g/mol. The van der Waals surface area contributed by atoms with Gasteiger partial charge in [-0.3, -0.25) is 9.59 Å². The smallest absolute Gasteiger partial charge is 0.309 e. The second kappa shape index (κ2) is 6.65. The molecule has 0 bridgehead atoms. The van der Waals surface area contributed by atoms with Crippen molar-refractivity contribution in [1.29, 1.82) is 0 Å². The lowest BCUT2D eigenvalue weighted by molar-refractivity contribution is -0.136. The Morgan fingerprint density at radius 3 is 2.71 bits per heavy atom. The molecule has 0 saturated heterocycles. The SMILES string of the molecule is CC(NC(=O)Cn1nncc1CC(=O)O)c1ccccc1. The van der Waals surface area contributed by atoms with E-state index in [0.717, 1.165) is 5.56 Å². The van der Waals surface area contributed by atoms with Crippen LogP contribution in [0.5, 0.6) is 0 Å². The molecule has 1 heterocycles. The van der Waals surface area contributed by atoms with E-state index >= 15 is 0 Å². The lowest BCUT2D eigenvalue weighted by Gasteiger charge is -2.14. The first-order valence-electron chi connectivity index (χ1n) is 6.49. The van der Waals surface area contributed by atoms with Crippen molar-refractivity contribution in [2.45, 2.75) is 25.9 Å². The highest BCUT2D eigenvalue weighted by Gasteiger charge is 2.14. The predicted molar refractivity (Wildman–Crippen MR) is 74.4 cm³/mol. The first-order valence-corrected chi connectivity index (χ1v) is 6.49. The molecule has 1 atom stereocenters. The third kappa shape index (κ3) is 4.13. The average Bonchev–Trinajstić information content (AvgIpc) is 2.86. The third-order valence-corrected chi connectivity index (χ3v) is 3.00. The Kier molecular flexibility index (Phi) is 4.65. The molecule has 7 nitrogen and oxygen atoms in total. The van der Waals surface area contributed by atoms with Crippen LogP contribution in [0.25, 0.3) is 0 Å². The molecule has 21 heavy (non-hydrogen) atoms. The number of rotatable bonds is 6. The highest BCUT2D eigenvalue weighted by atomic mass is 16.4. The molecule has 2 aromatic rings. The molecule has 0 aliphatic carbocycles. The quantitative estimate of drug-likeness (QED) is 0.818. The summed E-state index contributed by atoms with van der Waals surface area (Å²) in [4.78, 5) is 22.7. The number of carboxylic acids is 1. The van der Waals surface area contributed by atoms with E-state index in [-0.39, 0.29) is 24.9 Å². The van der Waals surface area contributed by atoms with Crippen molar-refractivity contribution in [3.8, 4) is 0 Å². The fourth-order valence-electron chi connectivity index (χ4n) is 1.95. The third-order valence-electron chi connectivity index (χ3n) is 3.00. The highest BCUT2D eigenvalue weighted by molar-refractivity contribution is 5.76. The summed E-state index contributed by atoms with van der Waals surface area (Å²) in [7, 11) is 0. The van der Waals surface area contributed by atoms with E-state index in [0.29, 0.717) is 5.69 Å². The zero-order valence-electron chi connectivity index (χ0n) is 11.6. The van der Waals surface area contributed by atoms with Gasteiger partial charge in [0, 0.05) is 0 Å². The summed E-state index contributed by atoms with van der Waals surface area (Å²) in [5.41, 5.74) is 1.39. The van der Waals surface area contributed by atoms with Gasteiger partial charge in [0.05, 0.1) is 24.4 Å². The van der Waals surface area contributed by atoms with Crippen LogP contribution < -0.4 is 5.32 Å². The van der Waals surface area contributed by atoms with Crippen LogP contribution in [0.2, 0.25) is 0 Å². The van der Waals surface area contributed by atoms with Gasteiger partial charge in [-0.25, -0.2) is 4.68 Å². The number of carbonyl (C=O) groups excluding carboxylic acids is 1. The lowest BCUT2D eigenvalue weighted by Crippen LogP contribution is -2.31. The topological polar surface area (TPSA) is 97.1 Å². The maximum atomic E-state index is 12.0. The molecule has 2 rings (SSSR count). The molecular formula is C14H16N4O3. The van der Waals surface area contributed by atoms with Crippen LogP contribution >= 0.6 is 0 Å². The predicted octanol–water partition coefficient (Wildman–Crippen LogP) is 0.783. The van der Waals surface area contributed by atoms with E-state index in [4.69, 9.17) is 5.11 Å². The Bertz CT molecular complexity index is 624. The number of carboxylic acid groups (broad SMARTS) is 1. The van der Waals surface area contributed by atoms with E-state index in [1.807, 2.05) is 37.3 Å². The van der Waals surface area contributed by atoms with Gasteiger partial charge in [0.1, 0.15) is 6.54 Å². The minimum Gasteiger partial charge on any atom is -0.481 e. The number of benzene rings is 1. The van der Waals surface area contributed by atoms with E-state index < -0.39 is 5.97 Å². The second-order valence-electron chi connectivity index (χ2n) is 4.65. The number of nitrogens with zero attached hydrogens (tertiary/aromatic N) is 3. The number of hydrogen-bond donors (Lipinski definition) is 2. The monoisotopic (exact) mass is 288 g/mol. The van der Waals surface area contributed by atoms with Crippen LogP contribution in [-0.4, -0.2) is 32.0 Å². The Labute approximate surface area is 121 Å². The van der Waals surface area contributed by atoms with Gasteiger partial charge in [-0.05, 0) is 12.5 Å². The van der Waals surface area contributed by atoms with Crippen molar-refractivity contribution in [2.24, 2.45) is 0 Å². The molecule has 0 radical (unpaired) electrons. The fourth-order valence-corrected chi connectivity index (χ4v) is 1.95. The number of hydrogen-bond acceptors (Lipinski definition) is 4. The first-order chi connectivity index (χ1) is 10.1. The summed E-state index contributed by atoms with van der Waals surface area (Å²) in [6.45, 7) is 1.83. The largest absolute Gasteiger partial charge is 0.481 e. The Hall–Kier alpha value is -2.70. The number of aliphatic carboxylic acids is 1. The van der Waals surface area contributed by atoms with Crippen molar-refractivity contribution < 1.29 is 14.7 Å². The fraction of sp³-hybridized carbons (Fsp3) is 0.286. The zero-order chi connectivity index (χ0) is 15.2. The van der Waals surface area contributed by atoms with Gasteiger partial charge < -0.3 is 10.4 Å². The summed E-state index contributed by atoms with van der Waals surface area (Å²) in [5, 5.41) is 19.0. The highest BCUT2D eigenvalue weighted by Crippen LogP contribution is 2.11. The Morgan fingerprint density at radius 1 is 1.33 bits per heavy atom. The van der Waals surface area contributed by atoms with E-state index in [1.165, 1.54) is 10.9 Å². The standard InChI is InChI=1S/C14H16N4O3/c1-10(11-5-3-2-4-6-11)16-13(19)9-18-12(7-14(20)21)8-15-17-18/h2-6,8,10H,7,9H2,1H3,(H,16,19)(H,20,21). The maximum absolute atomic E-state index is 12.0. The van der Waals surface area contributed by atoms with Gasteiger partial charge >= 0.3 is 5.97 Å². The Morgan fingerprint density at radius 2 is 2.05 bits per heavy atom. The van der Waals surface area contributed by atoms with Gasteiger partial charge in [-0.2, -0.15) is 0 Å². The second-order valence-corrected chi connectivity index (χ2v) is 4.65. The van der Waals surface area contributed by atoms with Crippen LogP contribution in [0.1, 0.15) is 24.2 Å². The van der Waals surface area contributed by atoms with Crippen LogP contribution in [-0.2, 0) is 22.6 Å². The van der Waals surface area contributed by atoms with Crippen LogP contribution in [0.3, 0.4) is 0 Å². The number of amides is 1. The number of aromatic nitrogens is 3. The average molecular weight is 288 g/mol. The molecule has 0 aliphatic heterocycles. The van der Waals surface area contributed by atoms with E-state index in [9.17, 15) is 9.59 Å². The molecule has 0 aliphatic rings. The molecule has 7 heteroatoms. The molecule has 1 unspecified atom stereocenters. The zero-order valence-corrected chi connectivity index (χ0v) is 11.6. The van der Waals surface area contributed by atoms with Gasteiger partial charge in [0.2, 0.25) is 5.91 Å². The van der Waals surface area contributed by atoms with Gasteiger partial charge in [-0.15, -0.1) is 5.10 Å². The summed E-state index contributed by atoms with van der Waals surface area (Å²) in [6.07, 6.45) is 1.14. The molecule has 0 spiro atoms.